The third kappa shape index (κ3) is 3.61. The van der Waals surface area contributed by atoms with E-state index in [9.17, 15) is 14.8 Å². The van der Waals surface area contributed by atoms with E-state index in [4.69, 9.17) is 11.6 Å². The van der Waals surface area contributed by atoms with Gasteiger partial charge in [-0.1, -0.05) is 11.6 Å². The molecule has 1 fully saturated rings. The van der Waals surface area contributed by atoms with Crippen molar-refractivity contribution < 1.29 is 10.1 Å². The minimum atomic E-state index is -1.01. The molecule has 4 rings (SSSR count). The lowest BCUT2D eigenvalue weighted by atomic mass is 9.91. The number of aromatic nitrogens is 3. The number of fused-ring (bicyclic) bond motifs is 1. The van der Waals surface area contributed by atoms with Crippen molar-refractivity contribution in [3.05, 3.63) is 63.1 Å². The Morgan fingerprint density at radius 1 is 1.25 bits per heavy atom. The molecule has 0 atom stereocenters. The topological polar surface area (TPSA) is 102 Å². The van der Waals surface area contributed by atoms with E-state index in [0.717, 1.165) is 5.82 Å². The van der Waals surface area contributed by atoms with Gasteiger partial charge in [-0.3, -0.25) is 14.3 Å². The number of piperidine rings is 1. The van der Waals surface area contributed by atoms with Gasteiger partial charge >= 0.3 is 0 Å². The van der Waals surface area contributed by atoms with Gasteiger partial charge in [0.2, 0.25) is 0 Å². The van der Waals surface area contributed by atoms with Crippen molar-refractivity contribution in [3.63, 3.8) is 0 Å². The van der Waals surface area contributed by atoms with E-state index < -0.39 is 5.60 Å². The van der Waals surface area contributed by atoms with Gasteiger partial charge in [0.15, 0.2) is 0 Å². The van der Waals surface area contributed by atoms with E-state index >= 15 is 0 Å². The molecule has 3 aromatic rings. The third-order valence-corrected chi connectivity index (χ3v) is 5.40. The molecule has 0 spiro atoms. The maximum absolute atomic E-state index is 12.7. The van der Waals surface area contributed by atoms with Crippen LogP contribution in [-0.2, 0) is 6.54 Å². The van der Waals surface area contributed by atoms with E-state index in [0.29, 0.717) is 47.5 Å². The number of nitroso groups, excluding NO2 is 1. The number of H-pyrrole nitrogens is 1. The van der Waals surface area contributed by atoms with Gasteiger partial charge < -0.3 is 5.11 Å². The zero-order valence-electron chi connectivity index (χ0n) is 15.0. The standard InChI is InChI=1S/C19H18ClN5O3/c20-13-1-2-15-16(9-13)22-12-25(18(15)26)11-19(27)4-7-24(8-5-19)17-10-14(23-28)3-6-21-17/h1-3,6,9-10,12,27H,4-5,7-8,11H2/p+1. The molecule has 0 radical (unpaired) electrons. The number of nitrogens with zero attached hydrogens (tertiary/aromatic N) is 4. The van der Waals surface area contributed by atoms with E-state index in [-0.39, 0.29) is 12.1 Å². The summed E-state index contributed by atoms with van der Waals surface area (Å²) in [7, 11) is 0. The Labute approximate surface area is 165 Å². The molecule has 28 heavy (non-hydrogen) atoms. The molecule has 1 aliphatic rings. The molecule has 2 aromatic heterocycles. The summed E-state index contributed by atoms with van der Waals surface area (Å²) >= 11 is 5.95. The lowest BCUT2D eigenvalue weighted by Gasteiger charge is -2.35. The van der Waals surface area contributed by atoms with Crippen LogP contribution in [0.15, 0.2) is 52.8 Å². The minimum absolute atomic E-state index is 0.172. The second-order valence-corrected chi connectivity index (χ2v) is 7.51. The highest BCUT2D eigenvalue weighted by atomic mass is 35.5. The first-order valence-corrected chi connectivity index (χ1v) is 9.32. The third-order valence-electron chi connectivity index (χ3n) is 5.16. The fourth-order valence-corrected chi connectivity index (χ4v) is 3.73. The zero-order chi connectivity index (χ0) is 19.7. The molecule has 1 aromatic carbocycles. The highest BCUT2D eigenvalue weighted by Gasteiger charge is 2.36. The Hall–Kier alpha value is -2.84. The number of anilines is 1. The minimum Gasteiger partial charge on any atom is -0.388 e. The van der Waals surface area contributed by atoms with Gasteiger partial charge in [0.25, 0.3) is 11.4 Å². The summed E-state index contributed by atoms with van der Waals surface area (Å²) in [5, 5.41) is 15.0. The predicted octanol–water partition coefficient (Wildman–Crippen LogP) is 2.29. The molecule has 3 heterocycles. The summed E-state index contributed by atoms with van der Waals surface area (Å²) < 4.78 is 1.45. The molecule has 0 unspecified atom stereocenters. The Morgan fingerprint density at radius 2 is 2.04 bits per heavy atom. The number of aliphatic hydroxyl groups is 1. The number of halogens is 1. The summed E-state index contributed by atoms with van der Waals surface area (Å²) in [6.45, 7) is 1.34. The van der Waals surface area contributed by atoms with Crippen molar-refractivity contribution in [2.75, 3.05) is 18.0 Å². The SMILES string of the molecule is O=Nc1cc[nH+]c(N2CCC(O)(Cn3cnc4cc(Cl)ccc4c3=O)CC2)c1. The van der Waals surface area contributed by atoms with E-state index in [2.05, 4.69) is 15.1 Å². The van der Waals surface area contributed by atoms with Crippen molar-refractivity contribution >= 4 is 34.0 Å². The van der Waals surface area contributed by atoms with E-state index in [1.165, 1.54) is 10.9 Å². The summed E-state index contributed by atoms with van der Waals surface area (Å²) in [5.41, 5.74) is -0.323. The number of pyridine rings is 1. The van der Waals surface area contributed by atoms with Gasteiger partial charge in [0.05, 0.1) is 54.7 Å². The fourth-order valence-electron chi connectivity index (χ4n) is 3.56. The van der Waals surface area contributed by atoms with Crippen LogP contribution in [0.1, 0.15) is 12.8 Å². The summed E-state index contributed by atoms with van der Waals surface area (Å²) in [4.78, 5) is 32.9. The monoisotopic (exact) mass is 400 g/mol. The highest BCUT2D eigenvalue weighted by Crippen LogP contribution is 2.27. The molecule has 2 N–H and O–H groups in total. The lowest BCUT2D eigenvalue weighted by molar-refractivity contribution is -0.364. The average Bonchev–Trinajstić information content (AvgIpc) is 2.70. The molecular weight excluding hydrogens is 382 g/mol. The second-order valence-electron chi connectivity index (χ2n) is 7.07. The van der Waals surface area contributed by atoms with Crippen LogP contribution in [0.4, 0.5) is 11.5 Å². The molecular formula is C19H19ClN5O3+. The normalized spacial score (nSPS) is 16.3. The first-order valence-electron chi connectivity index (χ1n) is 8.95. The number of nitrogens with one attached hydrogen (secondary N) is 1. The molecule has 0 aliphatic carbocycles. The number of hydrogen-bond donors (Lipinski definition) is 1. The Morgan fingerprint density at radius 3 is 2.79 bits per heavy atom. The van der Waals surface area contributed by atoms with Gasteiger partial charge in [0, 0.05) is 23.9 Å². The summed E-state index contributed by atoms with van der Waals surface area (Å²) in [6, 6.07) is 8.24. The Bertz CT molecular complexity index is 1090. The largest absolute Gasteiger partial charge is 0.388 e. The van der Waals surface area contributed by atoms with Crippen LogP contribution in [0.3, 0.4) is 0 Å². The number of aromatic amines is 1. The quantitative estimate of drug-likeness (QED) is 0.677. The molecule has 1 aliphatic heterocycles. The van der Waals surface area contributed by atoms with Crippen molar-refractivity contribution in [1.82, 2.24) is 9.55 Å². The van der Waals surface area contributed by atoms with Crippen molar-refractivity contribution in [1.29, 1.82) is 0 Å². The van der Waals surface area contributed by atoms with Crippen LogP contribution in [-0.4, -0.2) is 33.3 Å². The first kappa shape index (κ1) is 18.5. The number of hydrogen-bond acceptors (Lipinski definition) is 6. The van der Waals surface area contributed by atoms with Crippen molar-refractivity contribution in [2.24, 2.45) is 5.18 Å². The van der Waals surface area contributed by atoms with Gasteiger partial charge in [0.1, 0.15) is 5.69 Å². The van der Waals surface area contributed by atoms with Crippen LogP contribution in [0.2, 0.25) is 5.02 Å². The molecule has 1 saturated heterocycles. The molecule has 8 nitrogen and oxygen atoms in total. The predicted molar refractivity (Wildman–Crippen MR) is 106 cm³/mol. The van der Waals surface area contributed by atoms with Gasteiger partial charge in [-0.2, -0.15) is 0 Å². The van der Waals surface area contributed by atoms with Gasteiger partial charge in [-0.05, 0) is 23.4 Å². The molecule has 0 amide bonds. The van der Waals surface area contributed by atoms with E-state index in [1.807, 2.05) is 4.90 Å². The molecule has 0 saturated carbocycles. The second kappa shape index (κ2) is 7.29. The zero-order valence-corrected chi connectivity index (χ0v) is 15.8. The smallest absolute Gasteiger partial charge is 0.276 e. The first-order chi connectivity index (χ1) is 13.5. The van der Waals surface area contributed by atoms with Crippen molar-refractivity contribution in [3.8, 4) is 0 Å². The molecule has 144 valence electrons. The average molecular weight is 401 g/mol. The van der Waals surface area contributed by atoms with Crippen LogP contribution in [0.5, 0.6) is 0 Å². The lowest BCUT2D eigenvalue weighted by Crippen LogP contribution is -2.49. The fraction of sp³-hybridized carbons (Fsp3) is 0.316. The number of rotatable bonds is 4. The maximum atomic E-state index is 12.7. The molecule has 9 heteroatoms. The van der Waals surface area contributed by atoms with Crippen LogP contribution >= 0.6 is 11.6 Å². The van der Waals surface area contributed by atoms with Gasteiger partial charge in [-0.15, -0.1) is 4.91 Å². The van der Waals surface area contributed by atoms with Crippen molar-refractivity contribution in [2.45, 2.75) is 25.0 Å². The number of benzene rings is 1. The highest BCUT2D eigenvalue weighted by molar-refractivity contribution is 6.31. The summed E-state index contributed by atoms with van der Waals surface area (Å²) in [5.74, 6) is 0.778. The Kier molecular flexibility index (Phi) is 4.82. The van der Waals surface area contributed by atoms with E-state index in [1.54, 1.807) is 36.5 Å². The summed E-state index contributed by atoms with van der Waals surface area (Å²) in [6.07, 6.45) is 4.08. The maximum Gasteiger partial charge on any atom is 0.276 e. The molecule has 0 bridgehead atoms. The van der Waals surface area contributed by atoms with Crippen LogP contribution < -0.4 is 15.4 Å². The van der Waals surface area contributed by atoms with Crippen LogP contribution in [0.25, 0.3) is 10.9 Å². The van der Waals surface area contributed by atoms with Gasteiger partial charge in [-0.25, -0.2) is 9.97 Å². The van der Waals surface area contributed by atoms with Crippen LogP contribution in [0, 0.1) is 4.91 Å². The Balaban J connectivity index is 1.51.